The van der Waals surface area contributed by atoms with Crippen molar-refractivity contribution >= 4 is 17.6 Å². The molecule has 0 atom stereocenters. The average Bonchev–Trinajstić information content (AvgIpc) is 2.45. The van der Waals surface area contributed by atoms with E-state index in [0.717, 1.165) is 5.56 Å². The Kier molecular flexibility index (Phi) is 4.56. The first-order valence-electron chi connectivity index (χ1n) is 6.38. The second kappa shape index (κ2) is 6.56. The zero-order chi connectivity index (χ0) is 15.2. The molecule has 0 unspecified atom stereocenters. The number of carboxylic acids is 1. The fourth-order valence-electron chi connectivity index (χ4n) is 1.83. The molecule has 0 fully saturated rings. The van der Waals surface area contributed by atoms with Gasteiger partial charge in [-0.3, -0.25) is 4.79 Å². The largest absolute Gasteiger partial charge is 0.489 e. The summed E-state index contributed by atoms with van der Waals surface area (Å²) in [5.41, 5.74) is 1.25. The van der Waals surface area contributed by atoms with Gasteiger partial charge in [0.25, 0.3) is 0 Å². The highest BCUT2D eigenvalue weighted by Crippen LogP contribution is 2.23. The Hall–Kier alpha value is -2.82. The van der Waals surface area contributed by atoms with Crippen LogP contribution in [0.3, 0.4) is 0 Å². The van der Waals surface area contributed by atoms with Crippen LogP contribution in [-0.4, -0.2) is 17.0 Å². The summed E-state index contributed by atoms with van der Waals surface area (Å²) in [5.74, 6) is -0.946. The maximum Gasteiger partial charge on any atom is 0.337 e. The molecule has 0 aliphatic carbocycles. The summed E-state index contributed by atoms with van der Waals surface area (Å²) in [6.45, 7) is 1.69. The van der Waals surface area contributed by atoms with Crippen LogP contribution in [0.2, 0.25) is 0 Å². The van der Waals surface area contributed by atoms with Crippen molar-refractivity contribution in [1.29, 1.82) is 0 Å². The third-order valence-electron chi connectivity index (χ3n) is 2.78. The van der Waals surface area contributed by atoms with Crippen LogP contribution in [-0.2, 0) is 11.4 Å². The molecule has 2 aromatic rings. The number of carbonyl (C=O) groups excluding carboxylic acids is 1. The van der Waals surface area contributed by atoms with E-state index in [1.807, 2.05) is 30.3 Å². The second-order valence-corrected chi connectivity index (χ2v) is 4.47. The van der Waals surface area contributed by atoms with Crippen molar-refractivity contribution < 1.29 is 19.4 Å². The minimum Gasteiger partial charge on any atom is -0.489 e. The zero-order valence-electron chi connectivity index (χ0n) is 11.5. The lowest BCUT2D eigenvalue weighted by Crippen LogP contribution is -2.11. The maximum absolute atomic E-state index is 11.1. The predicted octanol–water partition coefficient (Wildman–Crippen LogP) is 2.92. The molecule has 2 N–H and O–H groups in total. The number of carbonyl (C=O) groups is 2. The van der Waals surface area contributed by atoms with E-state index in [0.29, 0.717) is 12.4 Å². The molecule has 2 aromatic carbocycles. The molecule has 0 saturated carbocycles. The Balaban J connectivity index is 2.17. The Morgan fingerprint density at radius 2 is 1.86 bits per heavy atom. The van der Waals surface area contributed by atoms with Crippen LogP contribution in [0, 0.1) is 0 Å². The van der Waals surface area contributed by atoms with Gasteiger partial charge in [-0.25, -0.2) is 4.79 Å². The summed E-state index contributed by atoms with van der Waals surface area (Å²) < 4.78 is 5.60. The summed E-state index contributed by atoms with van der Waals surface area (Å²) in [6, 6.07) is 14.1. The molecule has 0 saturated heterocycles. The van der Waals surface area contributed by atoms with Crippen molar-refractivity contribution in [3.63, 3.8) is 0 Å². The summed E-state index contributed by atoms with van der Waals surface area (Å²) in [6.07, 6.45) is 0. The molecule has 5 heteroatoms. The van der Waals surface area contributed by atoms with E-state index in [-0.39, 0.29) is 17.2 Å². The molecular weight excluding hydrogens is 270 g/mol. The number of aromatic carboxylic acids is 1. The molecule has 108 valence electrons. The molecule has 2 rings (SSSR count). The lowest BCUT2D eigenvalue weighted by atomic mass is 10.1. The molecule has 0 heterocycles. The smallest absolute Gasteiger partial charge is 0.337 e. The van der Waals surface area contributed by atoms with Crippen molar-refractivity contribution in [2.24, 2.45) is 0 Å². The normalized spacial score (nSPS) is 9.95. The van der Waals surface area contributed by atoms with Crippen LogP contribution in [0.4, 0.5) is 5.69 Å². The highest BCUT2D eigenvalue weighted by molar-refractivity contribution is 6.00. The Morgan fingerprint density at radius 1 is 1.14 bits per heavy atom. The van der Waals surface area contributed by atoms with Crippen LogP contribution in [0.15, 0.2) is 48.5 Å². The maximum atomic E-state index is 11.1. The number of benzene rings is 2. The Morgan fingerprint density at radius 3 is 2.48 bits per heavy atom. The van der Waals surface area contributed by atoms with Gasteiger partial charge in [-0.05, 0) is 17.7 Å². The molecule has 1 amide bonds. The zero-order valence-corrected chi connectivity index (χ0v) is 11.5. The molecule has 5 nitrogen and oxygen atoms in total. The summed E-state index contributed by atoms with van der Waals surface area (Å²) in [5, 5.41) is 11.6. The van der Waals surface area contributed by atoms with Gasteiger partial charge in [-0.2, -0.15) is 0 Å². The van der Waals surface area contributed by atoms with Gasteiger partial charge >= 0.3 is 5.97 Å². The van der Waals surface area contributed by atoms with Gasteiger partial charge in [0, 0.05) is 13.0 Å². The molecule has 0 aromatic heterocycles. The lowest BCUT2D eigenvalue weighted by Gasteiger charge is -2.11. The van der Waals surface area contributed by atoms with Crippen molar-refractivity contribution in [2.45, 2.75) is 13.5 Å². The number of ether oxygens (including phenoxy) is 1. The summed E-state index contributed by atoms with van der Waals surface area (Å²) in [4.78, 5) is 22.2. The fraction of sp³-hybridized carbons (Fsp3) is 0.125. The first kappa shape index (κ1) is 14.6. The molecule has 21 heavy (non-hydrogen) atoms. The fourth-order valence-corrected chi connectivity index (χ4v) is 1.83. The van der Waals surface area contributed by atoms with Crippen molar-refractivity contribution in [2.75, 3.05) is 5.32 Å². The summed E-state index contributed by atoms with van der Waals surface area (Å²) >= 11 is 0. The van der Waals surface area contributed by atoms with Crippen LogP contribution < -0.4 is 10.1 Å². The topological polar surface area (TPSA) is 75.6 Å². The molecule has 0 spiro atoms. The quantitative estimate of drug-likeness (QED) is 0.885. The monoisotopic (exact) mass is 285 g/mol. The van der Waals surface area contributed by atoms with E-state index in [4.69, 9.17) is 9.84 Å². The number of rotatable bonds is 5. The lowest BCUT2D eigenvalue weighted by molar-refractivity contribution is -0.114. The van der Waals surface area contributed by atoms with Gasteiger partial charge in [0.1, 0.15) is 12.4 Å². The van der Waals surface area contributed by atoms with Gasteiger partial charge < -0.3 is 15.2 Å². The molecular formula is C16H15NO4. The van der Waals surface area contributed by atoms with Crippen molar-refractivity contribution in [1.82, 2.24) is 0 Å². The number of hydrogen-bond acceptors (Lipinski definition) is 3. The number of amides is 1. The molecule has 0 aliphatic heterocycles. The number of hydrogen-bond donors (Lipinski definition) is 2. The van der Waals surface area contributed by atoms with Gasteiger partial charge in [-0.15, -0.1) is 0 Å². The van der Waals surface area contributed by atoms with E-state index >= 15 is 0 Å². The number of anilines is 1. The van der Waals surface area contributed by atoms with Gasteiger partial charge in [0.2, 0.25) is 5.91 Å². The molecule has 0 aliphatic rings. The van der Waals surface area contributed by atoms with Crippen LogP contribution >= 0.6 is 0 Å². The minimum atomic E-state index is -1.10. The van der Waals surface area contributed by atoms with Gasteiger partial charge in [-0.1, -0.05) is 30.3 Å². The minimum absolute atomic E-state index is 0.0252. The second-order valence-electron chi connectivity index (χ2n) is 4.47. The molecule has 0 radical (unpaired) electrons. The van der Waals surface area contributed by atoms with E-state index in [1.54, 1.807) is 6.07 Å². The first-order chi connectivity index (χ1) is 10.1. The summed E-state index contributed by atoms with van der Waals surface area (Å²) in [7, 11) is 0. The van der Waals surface area contributed by atoms with E-state index in [1.165, 1.54) is 19.1 Å². The van der Waals surface area contributed by atoms with E-state index in [2.05, 4.69) is 5.32 Å². The van der Waals surface area contributed by atoms with Crippen molar-refractivity contribution in [3.05, 3.63) is 59.7 Å². The highest BCUT2D eigenvalue weighted by atomic mass is 16.5. The highest BCUT2D eigenvalue weighted by Gasteiger charge is 2.12. The van der Waals surface area contributed by atoms with Crippen LogP contribution in [0.1, 0.15) is 22.8 Å². The van der Waals surface area contributed by atoms with Crippen LogP contribution in [0.25, 0.3) is 0 Å². The average molecular weight is 285 g/mol. The van der Waals surface area contributed by atoms with E-state index < -0.39 is 5.97 Å². The number of carboxylic acid groups (broad SMARTS) is 1. The third-order valence-corrected chi connectivity index (χ3v) is 2.78. The Labute approximate surface area is 122 Å². The van der Waals surface area contributed by atoms with Crippen molar-refractivity contribution in [3.8, 4) is 5.75 Å². The molecule has 0 bridgehead atoms. The third kappa shape index (κ3) is 4.07. The SMILES string of the molecule is CC(=O)Nc1cc(OCc2ccccc2)ccc1C(=O)O. The van der Waals surface area contributed by atoms with Gasteiger partial charge in [0.15, 0.2) is 0 Å². The van der Waals surface area contributed by atoms with E-state index in [9.17, 15) is 9.59 Å². The van der Waals surface area contributed by atoms with Gasteiger partial charge in [0.05, 0.1) is 11.3 Å². The number of nitrogens with one attached hydrogen (secondary N) is 1. The predicted molar refractivity (Wildman–Crippen MR) is 78.5 cm³/mol. The first-order valence-corrected chi connectivity index (χ1v) is 6.38. The standard InChI is InChI=1S/C16H15NO4/c1-11(18)17-15-9-13(7-8-14(15)16(19)20)21-10-12-5-3-2-4-6-12/h2-9H,10H2,1H3,(H,17,18)(H,19,20). The Bertz CT molecular complexity index is 653. The van der Waals surface area contributed by atoms with Crippen LogP contribution in [0.5, 0.6) is 5.75 Å².